The Labute approximate surface area is 73.5 Å². The first-order valence-corrected chi connectivity index (χ1v) is 4.65. The van der Waals surface area contributed by atoms with Crippen LogP contribution in [-0.4, -0.2) is 19.0 Å². The van der Waals surface area contributed by atoms with Crippen LogP contribution in [0.4, 0.5) is 0 Å². The molecule has 0 radical (unpaired) electrons. The summed E-state index contributed by atoms with van der Waals surface area (Å²) >= 11 is 0. The SMILES string of the molecule is C=C(C)[C@H]1CO[C@]2(CCCO2)C1. The first-order valence-electron chi connectivity index (χ1n) is 4.65. The van der Waals surface area contributed by atoms with Crippen LogP contribution in [0.1, 0.15) is 26.2 Å². The Hall–Kier alpha value is -0.340. The third-order valence-corrected chi connectivity index (χ3v) is 2.87. The molecular formula is C10H16O2. The van der Waals surface area contributed by atoms with Crippen molar-refractivity contribution in [2.75, 3.05) is 13.2 Å². The zero-order chi connectivity index (χ0) is 8.60. The highest BCUT2D eigenvalue weighted by molar-refractivity contribution is 5.02. The van der Waals surface area contributed by atoms with Crippen molar-refractivity contribution in [3.05, 3.63) is 12.2 Å². The van der Waals surface area contributed by atoms with Crippen LogP contribution in [0, 0.1) is 5.92 Å². The highest BCUT2D eigenvalue weighted by Gasteiger charge is 2.43. The van der Waals surface area contributed by atoms with Gasteiger partial charge in [-0.3, -0.25) is 0 Å². The van der Waals surface area contributed by atoms with Gasteiger partial charge in [0.05, 0.1) is 13.2 Å². The molecule has 2 aliphatic heterocycles. The van der Waals surface area contributed by atoms with Gasteiger partial charge in [-0.05, 0) is 13.3 Å². The van der Waals surface area contributed by atoms with Gasteiger partial charge in [-0.1, -0.05) is 12.2 Å². The van der Waals surface area contributed by atoms with E-state index in [0.717, 1.165) is 32.5 Å². The van der Waals surface area contributed by atoms with Gasteiger partial charge in [-0.25, -0.2) is 0 Å². The summed E-state index contributed by atoms with van der Waals surface area (Å²) in [7, 11) is 0. The van der Waals surface area contributed by atoms with Gasteiger partial charge in [0.1, 0.15) is 0 Å². The zero-order valence-electron chi connectivity index (χ0n) is 7.64. The lowest BCUT2D eigenvalue weighted by Gasteiger charge is -2.20. The minimum absolute atomic E-state index is 0.219. The molecule has 2 saturated heterocycles. The second-order valence-electron chi connectivity index (χ2n) is 3.92. The van der Waals surface area contributed by atoms with E-state index in [9.17, 15) is 0 Å². The van der Waals surface area contributed by atoms with Gasteiger partial charge in [-0.2, -0.15) is 0 Å². The summed E-state index contributed by atoms with van der Waals surface area (Å²) < 4.78 is 11.3. The van der Waals surface area contributed by atoms with E-state index in [0.29, 0.717) is 5.92 Å². The normalized spacial score (nSPS) is 40.9. The highest BCUT2D eigenvalue weighted by Crippen LogP contribution is 2.40. The molecule has 0 unspecified atom stereocenters. The minimum atomic E-state index is -0.219. The molecule has 2 fully saturated rings. The molecule has 0 aromatic heterocycles. The van der Waals surface area contributed by atoms with Crippen LogP contribution in [0.3, 0.4) is 0 Å². The Morgan fingerprint density at radius 1 is 1.50 bits per heavy atom. The van der Waals surface area contributed by atoms with Crippen LogP contribution >= 0.6 is 0 Å². The summed E-state index contributed by atoms with van der Waals surface area (Å²) in [4.78, 5) is 0. The van der Waals surface area contributed by atoms with Crippen molar-refractivity contribution < 1.29 is 9.47 Å². The largest absolute Gasteiger partial charge is 0.350 e. The number of hydrogen-bond acceptors (Lipinski definition) is 2. The van der Waals surface area contributed by atoms with E-state index in [1.807, 2.05) is 0 Å². The van der Waals surface area contributed by atoms with Crippen molar-refractivity contribution in [1.29, 1.82) is 0 Å². The van der Waals surface area contributed by atoms with Gasteiger partial charge in [0.15, 0.2) is 5.79 Å². The molecule has 2 aliphatic rings. The Morgan fingerprint density at radius 2 is 2.33 bits per heavy atom. The number of ether oxygens (including phenoxy) is 2. The summed E-state index contributed by atoms with van der Waals surface area (Å²) in [5.74, 6) is 0.298. The highest BCUT2D eigenvalue weighted by atomic mass is 16.7. The molecule has 0 N–H and O–H groups in total. The number of rotatable bonds is 1. The van der Waals surface area contributed by atoms with E-state index in [4.69, 9.17) is 9.47 Å². The molecule has 1 spiro atoms. The molecule has 2 heterocycles. The van der Waals surface area contributed by atoms with Crippen molar-refractivity contribution in [2.45, 2.75) is 32.0 Å². The Morgan fingerprint density at radius 3 is 2.83 bits per heavy atom. The molecule has 0 amide bonds. The summed E-state index contributed by atoms with van der Waals surface area (Å²) in [6.45, 7) is 7.69. The first kappa shape index (κ1) is 8.27. The predicted molar refractivity (Wildman–Crippen MR) is 46.8 cm³/mol. The molecule has 68 valence electrons. The van der Waals surface area contributed by atoms with E-state index < -0.39 is 0 Å². The quantitative estimate of drug-likeness (QED) is 0.558. The molecule has 0 aliphatic carbocycles. The maximum Gasteiger partial charge on any atom is 0.169 e. The molecule has 0 saturated carbocycles. The summed E-state index contributed by atoms with van der Waals surface area (Å²) in [6.07, 6.45) is 3.22. The van der Waals surface area contributed by atoms with Crippen molar-refractivity contribution in [3.63, 3.8) is 0 Å². The van der Waals surface area contributed by atoms with Gasteiger partial charge in [0, 0.05) is 18.8 Å². The van der Waals surface area contributed by atoms with Gasteiger partial charge in [0.25, 0.3) is 0 Å². The molecule has 12 heavy (non-hydrogen) atoms. The van der Waals surface area contributed by atoms with Gasteiger partial charge in [0.2, 0.25) is 0 Å². The second kappa shape index (κ2) is 2.86. The Balaban J connectivity index is 2.01. The zero-order valence-corrected chi connectivity index (χ0v) is 7.64. The van der Waals surface area contributed by atoms with Crippen LogP contribution in [-0.2, 0) is 9.47 Å². The van der Waals surface area contributed by atoms with Crippen LogP contribution in [0.5, 0.6) is 0 Å². The predicted octanol–water partition coefficient (Wildman–Crippen LogP) is 2.11. The summed E-state index contributed by atoms with van der Waals surface area (Å²) in [5.41, 5.74) is 1.22. The lowest BCUT2D eigenvalue weighted by Crippen LogP contribution is -2.25. The minimum Gasteiger partial charge on any atom is -0.350 e. The molecule has 2 nitrogen and oxygen atoms in total. The van der Waals surface area contributed by atoms with E-state index in [1.165, 1.54) is 5.57 Å². The van der Waals surface area contributed by atoms with Crippen LogP contribution < -0.4 is 0 Å². The van der Waals surface area contributed by atoms with Crippen molar-refractivity contribution in [2.24, 2.45) is 5.92 Å². The first-order chi connectivity index (χ1) is 5.72. The molecule has 2 atom stereocenters. The lowest BCUT2D eigenvalue weighted by atomic mass is 9.96. The Bertz CT molecular complexity index is 192. The Kier molecular flexibility index (Phi) is 1.97. The maximum absolute atomic E-state index is 5.69. The summed E-state index contributed by atoms with van der Waals surface area (Å²) in [5, 5.41) is 0. The van der Waals surface area contributed by atoms with Gasteiger partial charge in [-0.15, -0.1) is 0 Å². The fraction of sp³-hybridized carbons (Fsp3) is 0.800. The molecule has 0 aromatic rings. The van der Waals surface area contributed by atoms with E-state index >= 15 is 0 Å². The standard InChI is InChI=1S/C10H16O2/c1-8(2)9-6-10(12-7-9)4-3-5-11-10/h9H,1,3-7H2,2H3/t9-,10-/m1/s1. The topological polar surface area (TPSA) is 18.5 Å². The fourth-order valence-electron chi connectivity index (χ4n) is 2.01. The summed E-state index contributed by atoms with van der Waals surface area (Å²) in [6, 6.07) is 0. The third-order valence-electron chi connectivity index (χ3n) is 2.87. The van der Waals surface area contributed by atoms with Crippen molar-refractivity contribution >= 4 is 0 Å². The monoisotopic (exact) mass is 168 g/mol. The molecular weight excluding hydrogens is 152 g/mol. The second-order valence-corrected chi connectivity index (χ2v) is 3.92. The maximum atomic E-state index is 5.69. The average molecular weight is 168 g/mol. The van der Waals surface area contributed by atoms with Crippen LogP contribution in [0.15, 0.2) is 12.2 Å². The van der Waals surface area contributed by atoms with E-state index in [2.05, 4.69) is 13.5 Å². The molecule has 2 heteroatoms. The fourth-order valence-corrected chi connectivity index (χ4v) is 2.01. The van der Waals surface area contributed by atoms with Crippen LogP contribution in [0.25, 0.3) is 0 Å². The van der Waals surface area contributed by atoms with Gasteiger partial charge >= 0.3 is 0 Å². The average Bonchev–Trinajstić information content (AvgIpc) is 2.62. The molecule has 0 bridgehead atoms. The molecule has 0 aromatic carbocycles. The van der Waals surface area contributed by atoms with E-state index in [1.54, 1.807) is 0 Å². The van der Waals surface area contributed by atoms with E-state index in [-0.39, 0.29) is 5.79 Å². The van der Waals surface area contributed by atoms with Crippen LogP contribution in [0.2, 0.25) is 0 Å². The lowest BCUT2D eigenvalue weighted by molar-refractivity contribution is -0.178. The van der Waals surface area contributed by atoms with Gasteiger partial charge < -0.3 is 9.47 Å². The smallest absolute Gasteiger partial charge is 0.169 e. The molecule has 2 rings (SSSR count). The van der Waals surface area contributed by atoms with Crippen molar-refractivity contribution in [1.82, 2.24) is 0 Å². The van der Waals surface area contributed by atoms with Crippen molar-refractivity contribution in [3.8, 4) is 0 Å². The number of hydrogen-bond donors (Lipinski definition) is 0. The third kappa shape index (κ3) is 1.29.